The number of sulfonamides is 1. The molecule has 0 bridgehead atoms. The van der Waals surface area contributed by atoms with Crippen LogP contribution in [0.4, 0.5) is 4.39 Å². The molecule has 90 valence electrons. The highest BCUT2D eigenvalue weighted by atomic mass is 32.2. The average molecular weight is 246 g/mol. The van der Waals surface area contributed by atoms with Gasteiger partial charge in [-0.1, -0.05) is 6.07 Å². The van der Waals surface area contributed by atoms with Gasteiger partial charge >= 0.3 is 0 Å². The molecular weight excluding hydrogens is 231 g/mol. The van der Waals surface area contributed by atoms with E-state index in [9.17, 15) is 12.8 Å². The van der Waals surface area contributed by atoms with E-state index in [-0.39, 0.29) is 4.90 Å². The first kappa shape index (κ1) is 13.1. The fourth-order valence-electron chi connectivity index (χ4n) is 1.26. The maximum atomic E-state index is 13.4. The van der Waals surface area contributed by atoms with Crippen molar-refractivity contribution in [1.29, 1.82) is 0 Å². The molecule has 1 rings (SSSR count). The predicted octanol–water partition coefficient (Wildman–Crippen LogP) is 0.795. The minimum atomic E-state index is -3.72. The number of nitrogens with zero attached hydrogens (tertiary/aromatic N) is 1. The van der Waals surface area contributed by atoms with Gasteiger partial charge in [0.15, 0.2) is 0 Å². The second kappa shape index (κ2) is 4.90. The molecule has 1 N–H and O–H groups in total. The third-order valence-corrected chi connectivity index (χ3v) is 3.97. The van der Waals surface area contributed by atoms with Crippen molar-refractivity contribution < 1.29 is 12.8 Å². The fourth-order valence-corrected chi connectivity index (χ4v) is 2.26. The molecule has 0 fully saturated rings. The number of halogens is 1. The second-order valence-electron chi connectivity index (χ2n) is 3.58. The summed E-state index contributed by atoms with van der Waals surface area (Å²) in [6.07, 6.45) is 0. The van der Waals surface area contributed by atoms with Crippen LogP contribution in [0.1, 0.15) is 5.56 Å². The minimum absolute atomic E-state index is 0.287. The van der Waals surface area contributed by atoms with Gasteiger partial charge in [0.25, 0.3) is 0 Å². The van der Waals surface area contributed by atoms with Gasteiger partial charge in [0.1, 0.15) is 10.7 Å². The Bertz CT molecular complexity index is 472. The van der Waals surface area contributed by atoms with Crippen LogP contribution >= 0.6 is 0 Å². The molecule has 0 atom stereocenters. The molecule has 0 spiro atoms. The summed E-state index contributed by atoms with van der Waals surface area (Å²) in [4.78, 5) is -0.287. The molecule has 0 aliphatic heterocycles. The molecule has 0 saturated heterocycles. The summed E-state index contributed by atoms with van der Waals surface area (Å²) in [6, 6.07) is 4.07. The Morgan fingerprint density at radius 1 is 1.38 bits per heavy atom. The fraction of sp³-hybridized carbons (Fsp3) is 0.400. The van der Waals surface area contributed by atoms with E-state index in [0.717, 1.165) is 9.87 Å². The highest BCUT2D eigenvalue weighted by Gasteiger charge is 2.21. The lowest BCUT2D eigenvalue weighted by Gasteiger charge is -2.13. The largest absolute Gasteiger partial charge is 0.316 e. The molecule has 0 amide bonds. The smallest absolute Gasteiger partial charge is 0.245 e. The van der Waals surface area contributed by atoms with Crippen LogP contribution in [0.25, 0.3) is 0 Å². The van der Waals surface area contributed by atoms with Crippen LogP contribution in [0.15, 0.2) is 23.1 Å². The van der Waals surface area contributed by atoms with Crippen LogP contribution in [-0.4, -0.2) is 33.9 Å². The van der Waals surface area contributed by atoms with Gasteiger partial charge in [0.05, 0.1) is 0 Å². The Balaban J connectivity index is 3.27. The molecule has 0 unspecified atom stereocenters. The third-order valence-electron chi connectivity index (χ3n) is 2.14. The summed E-state index contributed by atoms with van der Waals surface area (Å²) in [7, 11) is 0.771. The van der Waals surface area contributed by atoms with Gasteiger partial charge in [-0.25, -0.2) is 17.1 Å². The van der Waals surface area contributed by atoms with Gasteiger partial charge in [-0.2, -0.15) is 0 Å². The van der Waals surface area contributed by atoms with Crippen molar-refractivity contribution in [1.82, 2.24) is 9.62 Å². The molecule has 1 aromatic carbocycles. The van der Waals surface area contributed by atoms with Crippen LogP contribution in [0.2, 0.25) is 0 Å². The highest BCUT2D eigenvalue weighted by Crippen LogP contribution is 2.19. The lowest BCUT2D eigenvalue weighted by molar-refractivity contribution is 0.507. The first-order valence-electron chi connectivity index (χ1n) is 4.75. The van der Waals surface area contributed by atoms with E-state index in [1.807, 2.05) is 0 Å². The molecular formula is C10H15FN2O2S. The van der Waals surface area contributed by atoms with Crippen molar-refractivity contribution in [2.75, 3.05) is 21.1 Å². The van der Waals surface area contributed by atoms with Crippen LogP contribution in [-0.2, 0) is 16.6 Å². The zero-order chi connectivity index (χ0) is 12.3. The van der Waals surface area contributed by atoms with Crippen molar-refractivity contribution in [2.24, 2.45) is 0 Å². The van der Waals surface area contributed by atoms with Crippen molar-refractivity contribution in [3.05, 3.63) is 29.6 Å². The maximum Gasteiger partial charge on any atom is 0.245 e. The van der Waals surface area contributed by atoms with E-state index in [1.54, 1.807) is 13.1 Å². The maximum absolute atomic E-state index is 13.4. The number of hydrogen-bond donors (Lipinski definition) is 1. The van der Waals surface area contributed by atoms with Crippen molar-refractivity contribution in [2.45, 2.75) is 11.4 Å². The average Bonchev–Trinajstić information content (AvgIpc) is 2.20. The van der Waals surface area contributed by atoms with Crippen molar-refractivity contribution in [3.8, 4) is 0 Å². The zero-order valence-corrected chi connectivity index (χ0v) is 10.3. The van der Waals surface area contributed by atoms with Crippen LogP contribution < -0.4 is 5.32 Å². The molecule has 1 aromatic rings. The molecule has 0 saturated carbocycles. The van der Waals surface area contributed by atoms with Gasteiger partial charge in [-0.15, -0.1) is 0 Å². The van der Waals surface area contributed by atoms with Gasteiger partial charge in [-0.3, -0.25) is 0 Å². The van der Waals surface area contributed by atoms with E-state index in [2.05, 4.69) is 5.32 Å². The SMILES string of the molecule is CNCc1ccc(F)c(S(=O)(=O)N(C)C)c1. The summed E-state index contributed by atoms with van der Waals surface area (Å²) in [5, 5.41) is 2.88. The lowest BCUT2D eigenvalue weighted by atomic mass is 10.2. The summed E-state index contributed by atoms with van der Waals surface area (Å²) in [5.41, 5.74) is 0.726. The van der Waals surface area contributed by atoms with Crippen molar-refractivity contribution in [3.63, 3.8) is 0 Å². The second-order valence-corrected chi connectivity index (χ2v) is 5.70. The van der Waals surface area contributed by atoms with Crippen molar-refractivity contribution >= 4 is 10.0 Å². The van der Waals surface area contributed by atoms with Gasteiger partial charge in [0.2, 0.25) is 10.0 Å². The first-order valence-corrected chi connectivity index (χ1v) is 6.19. The number of benzene rings is 1. The standard InChI is InChI=1S/C10H15FN2O2S/c1-12-7-8-4-5-9(11)10(6-8)16(14,15)13(2)3/h4-6,12H,7H2,1-3H3. The molecule has 16 heavy (non-hydrogen) atoms. The molecule has 0 heterocycles. The minimum Gasteiger partial charge on any atom is -0.316 e. The van der Waals surface area contributed by atoms with Gasteiger partial charge < -0.3 is 5.32 Å². The lowest BCUT2D eigenvalue weighted by Crippen LogP contribution is -2.23. The normalized spacial score (nSPS) is 12.1. The number of hydrogen-bond acceptors (Lipinski definition) is 3. The van der Waals surface area contributed by atoms with Gasteiger partial charge in [-0.05, 0) is 24.7 Å². The Hall–Kier alpha value is -0.980. The molecule has 6 heteroatoms. The molecule has 4 nitrogen and oxygen atoms in total. The summed E-state index contributed by atoms with van der Waals surface area (Å²) in [6.45, 7) is 0.496. The Kier molecular flexibility index (Phi) is 4.01. The molecule has 0 aromatic heterocycles. The Labute approximate surface area is 95.1 Å². The monoisotopic (exact) mass is 246 g/mol. The Morgan fingerprint density at radius 3 is 2.50 bits per heavy atom. The van der Waals surface area contributed by atoms with Gasteiger partial charge in [0, 0.05) is 20.6 Å². The van der Waals surface area contributed by atoms with E-state index in [4.69, 9.17) is 0 Å². The highest BCUT2D eigenvalue weighted by molar-refractivity contribution is 7.89. The summed E-state index contributed by atoms with van der Waals surface area (Å²) in [5.74, 6) is -0.728. The van der Waals surface area contributed by atoms with E-state index in [1.165, 1.54) is 26.2 Å². The summed E-state index contributed by atoms with van der Waals surface area (Å²) < 4.78 is 38.0. The van der Waals surface area contributed by atoms with E-state index >= 15 is 0 Å². The van der Waals surface area contributed by atoms with E-state index in [0.29, 0.717) is 6.54 Å². The predicted molar refractivity (Wildman–Crippen MR) is 60.0 cm³/mol. The Morgan fingerprint density at radius 2 is 2.00 bits per heavy atom. The van der Waals surface area contributed by atoms with Crippen LogP contribution in [0.5, 0.6) is 0 Å². The number of nitrogens with one attached hydrogen (secondary N) is 1. The zero-order valence-electron chi connectivity index (χ0n) is 9.49. The number of rotatable bonds is 4. The summed E-state index contributed by atoms with van der Waals surface area (Å²) >= 11 is 0. The van der Waals surface area contributed by atoms with Crippen LogP contribution in [0.3, 0.4) is 0 Å². The third kappa shape index (κ3) is 2.58. The van der Waals surface area contributed by atoms with Crippen LogP contribution in [0, 0.1) is 5.82 Å². The topological polar surface area (TPSA) is 49.4 Å². The molecule has 0 aliphatic rings. The quantitative estimate of drug-likeness (QED) is 0.854. The molecule has 0 radical (unpaired) electrons. The van der Waals surface area contributed by atoms with E-state index < -0.39 is 15.8 Å². The molecule has 0 aliphatic carbocycles. The first-order chi connectivity index (χ1) is 7.39.